The molecule has 1 aliphatic rings. The number of carbonyl (C=O) groups is 1. The first-order valence-electron chi connectivity index (χ1n) is 11.9. The highest BCUT2D eigenvalue weighted by Crippen LogP contribution is 2.27. The monoisotopic (exact) mass is 488 g/mol. The molecule has 1 aromatic heterocycles. The Morgan fingerprint density at radius 1 is 0.943 bits per heavy atom. The van der Waals surface area contributed by atoms with Gasteiger partial charge in [-0.05, 0) is 73.5 Å². The van der Waals surface area contributed by atoms with Crippen molar-refractivity contribution in [1.82, 2.24) is 14.3 Å². The predicted molar refractivity (Wildman–Crippen MR) is 138 cm³/mol. The van der Waals surface area contributed by atoms with Gasteiger partial charge in [0.2, 0.25) is 10.0 Å². The SMILES string of the molecule is CN(C1CCCCC1)S(=O)(=O)c1ccc(C(=O)Nc2ccc(-c3nc4ccccc4[nH]3)cc2)cc1. The summed E-state index contributed by atoms with van der Waals surface area (Å²) in [4.78, 5) is 20.8. The van der Waals surface area contributed by atoms with Gasteiger partial charge in [0.15, 0.2) is 0 Å². The molecule has 5 rings (SSSR count). The van der Waals surface area contributed by atoms with Crippen LogP contribution in [-0.2, 0) is 10.0 Å². The van der Waals surface area contributed by atoms with Crippen LogP contribution < -0.4 is 5.32 Å². The van der Waals surface area contributed by atoms with Crippen molar-refractivity contribution in [3.05, 3.63) is 78.4 Å². The molecule has 0 aliphatic heterocycles. The molecule has 35 heavy (non-hydrogen) atoms. The lowest BCUT2D eigenvalue weighted by Gasteiger charge is -2.30. The number of amides is 1. The third-order valence-electron chi connectivity index (χ3n) is 6.69. The number of benzene rings is 3. The molecular weight excluding hydrogens is 460 g/mol. The molecule has 180 valence electrons. The van der Waals surface area contributed by atoms with E-state index in [0.29, 0.717) is 11.3 Å². The smallest absolute Gasteiger partial charge is 0.255 e. The van der Waals surface area contributed by atoms with Crippen LogP contribution in [0.2, 0.25) is 0 Å². The summed E-state index contributed by atoms with van der Waals surface area (Å²) in [7, 11) is -1.93. The van der Waals surface area contributed by atoms with Gasteiger partial charge in [-0.3, -0.25) is 4.79 Å². The maximum Gasteiger partial charge on any atom is 0.255 e. The molecule has 1 amide bonds. The van der Waals surface area contributed by atoms with Gasteiger partial charge in [0.25, 0.3) is 5.91 Å². The second-order valence-corrected chi connectivity index (χ2v) is 11.0. The summed E-state index contributed by atoms with van der Waals surface area (Å²) in [6.07, 6.45) is 5.07. The zero-order chi connectivity index (χ0) is 24.4. The maximum atomic E-state index is 13.0. The number of nitrogens with one attached hydrogen (secondary N) is 2. The first-order valence-corrected chi connectivity index (χ1v) is 13.3. The highest BCUT2D eigenvalue weighted by Gasteiger charge is 2.29. The van der Waals surface area contributed by atoms with Gasteiger partial charge in [0, 0.05) is 29.9 Å². The molecule has 0 spiro atoms. The van der Waals surface area contributed by atoms with Crippen molar-refractivity contribution in [1.29, 1.82) is 0 Å². The van der Waals surface area contributed by atoms with Gasteiger partial charge in [0.1, 0.15) is 5.82 Å². The maximum absolute atomic E-state index is 13.0. The third kappa shape index (κ3) is 4.85. The summed E-state index contributed by atoms with van der Waals surface area (Å²) < 4.78 is 27.5. The molecule has 3 aromatic carbocycles. The number of para-hydroxylation sites is 2. The molecule has 4 aromatic rings. The summed E-state index contributed by atoms with van der Waals surface area (Å²) in [6, 6.07) is 21.4. The van der Waals surface area contributed by atoms with E-state index < -0.39 is 10.0 Å². The highest BCUT2D eigenvalue weighted by molar-refractivity contribution is 7.89. The summed E-state index contributed by atoms with van der Waals surface area (Å²) in [6.45, 7) is 0. The number of aromatic nitrogens is 2. The molecule has 1 saturated carbocycles. The van der Waals surface area contributed by atoms with Gasteiger partial charge >= 0.3 is 0 Å². The van der Waals surface area contributed by atoms with E-state index in [1.807, 2.05) is 48.5 Å². The number of fused-ring (bicyclic) bond motifs is 1. The Morgan fingerprint density at radius 2 is 1.63 bits per heavy atom. The van der Waals surface area contributed by atoms with Crippen LogP contribution in [0.25, 0.3) is 22.4 Å². The first-order chi connectivity index (χ1) is 16.9. The molecule has 7 nitrogen and oxygen atoms in total. The molecule has 0 radical (unpaired) electrons. The van der Waals surface area contributed by atoms with Crippen molar-refractivity contribution in [2.24, 2.45) is 0 Å². The predicted octanol–water partition coefficient (Wildman–Crippen LogP) is 5.44. The Kier molecular flexibility index (Phi) is 6.40. The van der Waals surface area contributed by atoms with E-state index in [-0.39, 0.29) is 16.8 Å². The van der Waals surface area contributed by atoms with Crippen molar-refractivity contribution in [3.8, 4) is 11.4 Å². The minimum Gasteiger partial charge on any atom is -0.338 e. The normalized spacial score (nSPS) is 14.9. The van der Waals surface area contributed by atoms with Gasteiger partial charge in [-0.15, -0.1) is 0 Å². The fourth-order valence-electron chi connectivity index (χ4n) is 4.59. The van der Waals surface area contributed by atoms with Crippen LogP contribution in [0.4, 0.5) is 5.69 Å². The van der Waals surface area contributed by atoms with Crippen LogP contribution >= 0.6 is 0 Å². The number of hydrogen-bond acceptors (Lipinski definition) is 4. The van der Waals surface area contributed by atoms with Crippen LogP contribution in [-0.4, -0.2) is 41.7 Å². The third-order valence-corrected chi connectivity index (χ3v) is 8.61. The Hall–Kier alpha value is -3.49. The van der Waals surface area contributed by atoms with E-state index >= 15 is 0 Å². The zero-order valence-electron chi connectivity index (χ0n) is 19.6. The highest BCUT2D eigenvalue weighted by atomic mass is 32.2. The van der Waals surface area contributed by atoms with E-state index in [2.05, 4.69) is 15.3 Å². The van der Waals surface area contributed by atoms with Crippen molar-refractivity contribution in [2.75, 3.05) is 12.4 Å². The number of rotatable bonds is 6. The molecule has 1 aliphatic carbocycles. The lowest BCUT2D eigenvalue weighted by Crippen LogP contribution is -2.38. The minimum absolute atomic E-state index is 0.0410. The average molecular weight is 489 g/mol. The van der Waals surface area contributed by atoms with E-state index in [4.69, 9.17) is 0 Å². The molecule has 1 fully saturated rings. The van der Waals surface area contributed by atoms with Gasteiger partial charge in [-0.1, -0.05) is 31.4 Å². The Balaban J connectivity index is 1.26. The van der Waals surface area contributed by atoms with Crippen molar-refractivity contribution in [3.63, 3.8) is 0 Å². The molecule has 0 atom stereocenters. The summed E-state index contributed by atoms with van der Waals surface area (Å²) in [5.74, 6) is 0.463. The Morgan fingerprint density at radius 3 is 2.31 bits per heavy atom. The Bertz CT molecular complexity index is 1410. The molecule has 0 saturated heterocycles. The number of aromatic amines is 1. The van der Waals surface area contributed by atoms with Crippen molar-refractivity contribution in [2.45, 2.75) is 43.0 Å². The quantitative estimate of drug-likeness (QED) is 0.378. The van der Waals surface area contributed by atoms with Gasteiger partial charge < -0.3 is 10.3 Å². The number of carbonyl (C=O) groups excluding carboxylic acids is 1. The number of H-pyrrole nitrogens is 1. The molecule has 1 heterocycles. The van der Waals surface area contributed by atoms with Gasteiger partial charge in [0.05, 0.1) is 15.9 Å². The molecule has 8 heteroatoms. The van der Waals surface area contributed by atoms with E-state index in [1.54, 1.807) is 19.2 Å². The number of sulfonamides is 1. The molecular formula is C27H28N4O3S. The van der Waals surface area contributed by atoms with E-state index in [1.165, 1.54) is 16.4 Å². The molecule has 0 unspecified atom stereocenters. The second-order valence-electron chi connectivity index (χ2n) is 8.97. The Labute approximate surface area is 205 Å². The van der Waals surface area contributed by atoms with Crippen LogP contribution in [0, 0.1) is 0 Å². The fourth-order valence-corrected chi connectivity index (χ4v) is 6.01. The number of anilines is 1. The van der Waals surface area contributed by atoms with Gasteiger partial charge in [-0.2, -0.15) is 4.31 Å². The van der Waals surface area contributed by atoms with Gasteiger partial charge in [-0.25, -0.2) is 13.4 Å². The van der Waals surface area contributed by atoms with E-state index in [0.717, 1.165) is 54.5 Å². The molecule has 0 bridgehead atoms. The average Bonchev–Trinajstić information content (AvgIpc) is 3.33. The number of hydrogen-bond donors (Lipinski definition) is 2. The molecule has 2 N–H and O–H groups in total. The lowest BCUT2D eigenvalue weighted by molar-refractivity contribution is 0.102. The summed E-state index contributed by atoms with van der Waals surface area (Å²) in [5.41, 5.74) is 3.82. The largest absolute Gasteiger partial charge is 0.338 e. The first kappa shape index (κ1) is 23.3. The standard InChI is InChI=1S/C27H28N4O3S/c1-31(22-7-3-2-4-8-22)35(33,34)23-17-13-20(14-18-23)27(32)28-21-15-11-19(12-16-21)26-29-24-9-5-6-10-25(24)30-26/h5-6,9-18,22H,2-4,7-8H2,1H3,(H,28,32)(H,29,30). The van der Waals surface area contributed by atoms with Crippen LogP contribution in [0.1, 0.15) is 42.5 Å². The summed E-state index contributed by atoms with van der Waals surface area (Å²) in [5, 5.41) is 2.87. The van der Waals surface area contributed by atoms with Crippen LogP contribution in [0.15, 0.2) is 77.7 Å². The number of imidazole rings is 1. The second kappa shape index (κ2) is 9.64. The van der Waals surface area contributed by atoms with E-state index in [9.17, 15) is 13.2 Å². The zero-order valence-corrected chi connectivity index (χ0v) is 20.4. The van der Waals surface area contributed by atoms with Crippen molar-refractivity contribution < 1.29 is 13.2 Å². The fraction of sp³-hybridized carbons (Fsp3) is 0.259. The van der Waals surface area contributed by atoms with Crippen LogP contribution in [0.5, 0.6) is 0 Å². The number of nitrogens with zero attached hydrogens (tertiary/aromatic N) is 2. The minimum atomic E-state index is -3.59. The lowest BCUT2D eigenvalue weighted by atomic mass is 9.96. The van der Waals surface area contributed by atoms with Crippen LogP contribution in [0.3, 0.4) is 0 Å². The topological polar surface area (TPSA) is 95.2 Å². The van der Waals surface area contributed by atoms with Crippen molar-refractivity contribution >= 4 is 32.7 Å². The summed E-state index contributed by atoms with van der Waals surface area (Å²) >= 11 is 0.